The second-order valence-electron chi connectivity index (χ2n) is 9.61. The zero-order valence-corrected chi connectivity index (χ0v) is 18.5. The number of hydrogen-bond acceptors (Lipinski definition) is 2. The Morgan fingerprint density at radius 1 is 0.828 bits per heavy atom. The molecule has 0 bridgehead atoms. The molecule has 3 heteroatoms. The Morgan fingerprint density at radius 2 is 1.45 bits per heavy atom. The Labute approximate surface area is 182 Å². The average Bonchev–Trinajstić information content (AvgIpc) is 2.79. The second-order valence-corrected chi connectivity index (χ2v) is 10.0. The van der Waals surface area contributed by atoms with Crippen LogP contribution in [0, 0.1) is 23.7 Å². The predicted octanol–water partition coefficient (Wildman–Crippen LogP) is 7.38. The number of rotatable bonds is 6. The van der Waals surface area contributed by atoms with Gasteiger partial charge >= 0.3 is 0 Å². The molecule has 3 aliphatic rings. The summed E-state index contributed by atoms with van der Waals surface area (Å²) in [5, 5.41) is 0.825. The third-order valence-electron chi connectivity index (χ3n) is 7.78. The van der Waals surface area contributed by atoms with Crippen LogP contribution in [0.5, 0.6) is 0 Å². The molecule has 1 aromatic carbocycles. The molecular formula is C26H37ClO2. The minimum absolute atomic E-state index is 0.0290. The van der Waals surface area contributed by atoms with E-state index in [9.17, 15) is 0 Å². The van der Waals surface area contributed by atoms with Crippen molar-refractivity contribution in [1.29, 1.82) is 0 Å². The molecule has 0 N–H and O–H groups in total. The van der Waals surface area contributed by atoms with Gasteiger partial charge in [0.25, 0.3) is 0 Å². The minimum Gasteiger partial charge on any atom is -0.352 e. The summed E-state index contributed by atoms with van der Waals surface area (Å²) in [5.41, 5.74) is 1.43. The van der Waals surface area contributed by atoms with Crippen molar-refractivity contribution in [2.45, 2.75) is 76.4 Å². The van der Waals surface area contributed by atoms with Crippen molar-refractivity contribution in [3.05, 3.63) is 47.5 Å². The summed E-state index contributed by atoms with van der Waals surface area (Å²) in [4.78, 5) is 0. The van der Waals surface area contributed by atoms with Gasteiger partial charge in [0.05, 0.1) is 13.2 Å². The van der Waals surface area contributed by atoms with Gasteiger partial charge in [-0.3, -0.25) is 0 Å². The first-order valence-electron chi connectivity index (χ1n) is 11.8. The molecule has 3 fully saturated rings. The average molecular weight is 417 g/mol. The van der Waals surface area contributed by atoms with Gasteiger partial charge in [-0.2, -0.15) is 0 Å². The van der Waals surface area contributed by atoms with E-state index in [2.05, 4.69) is 24.8 Å². The van der Waals surface area contributed by atoms with E-state index in [0.717, 1.165) is 30.1 Å². The highest BCUT2D eigenvalue weighted by Gasteiger charge is 2.36. The Morgan fingerprint density at radius 3 is 2.07 bits per heavy atom. The maximum Gasteiger partial charge on any atom is 0.160 e. The van der Waals surface area contributed by atoms with Crippen molar-refractivity contribution in [2.24, 2.45) is 23.7 Å². The lowest BCUT2D eigenvalue weighted by Crippen LogP contribution is -2.41. The SMILES string of the molecule is C=CCC[C@H]1CC[C@H](C2COC(C3CCC(c4ccc(Cl)cc4)CC3)OC2)CC1. The molecule has 0 spiro atoms. The van der Waals surface area contributed by atoms with E-state index in [1.54, 1.807) is 0 Å². The molecule has 0 unspecified atom stereocenters. The van der Waals surface area contributed by atoms with Crippen molar-refractivity contribution in [2.75, 3.05) is 13.2 Å². The Bertz CT molecular complexity index is 619. The van der Waals surface area contributed by atoms with Crippen LogP contribution in [0.15, 0.2) is 36.9 Å². The summed E-state index contributed by atoms with van der Waals surface area (Å²) in [7, 11) is 0. The van der Waals surface area contributed by atoms with Crippen LogP contribution >= 0.6 is 11.6 Å². The normalized spacial score (nSPS) is 35.9. The first kappa shape index (κ1) is 21.4. The first-order chi connectivity index (χ1) is 14.2. The van der Waals surface area contributed by atoms with Gasteiger partial charge < -0.3 is 9.47 Å². The number of benzene rings is 1. The molecule has 1 aromatic rings. The van der Waals surface area contributed by atoms with E-state index in [4.69, 9.17) is 21.1 Å². The van der Waals surface area contributed by atoms with E-state index in [-0.39, 0.29) is 6.29 Å². The molecule has 1 heterocycles. The standard InChI is InChI=1S/C26H37ClO2/c1-2-3-4-19-5-7-22(8-6-19)24-17-28-26(29-18-24)23-11-9-20(10-12-23)21-13-15-25(27)16-14-21/h2,13-16,19-20,22-24,26H,1,3-12,17-18H2/t19-,20?,22-,23?,24?,26?. The lowest BCUT2D eigenvalue weighted by atomic mass is 9.74. The summed E-state index contributed by atoms with van der Waals surface area (Å²) >= 11 is 6.03. The van der Waals surface area contributed by atoms with Crippen LogP contribution in [-0.2, 0) is 9.47 Å². The Balaban J connectivity index is 1.18. The molecule has 0 atom stereocenters. The van der Waals surface area contributed by atoms with E-state index >= 15 is 0 Å². The number of ether oxygens (including phenoxy) is 2. The molecular weight excluding hydrogens is 380 g/mol. The van der Waals surface area contributed by atoms with Crippen LogP contribution in [0.4, 0.5) is 0 Å². The molecule has 0 amide bonds. The van der Waals surface area contributed by atoms with E-state index in [0.29, 0.717) is 17.8 Å². The summed E-state index contributed by atoms with van der Waals surface area (Å²) in [6.07, 6.45) is 14.9. The maximum absolute atomic E-state index is 6.28. The van der Waals surface area contributed by atoms with Gasteiger partial charge in [-0.1, -0.05) is 42.7 Å². The predicted molar refractivity (Wildman–Crippen MR) is 120 cm³/mol. The number of halogens is 1. The van der Waals surface area contributed by atoms with Crippen molar-refractivity contribution in [1.82, 2.24) is 0 Å². The fourth-order valence-electron chi connectivity index (χ4n) is 5.84. The Hall–Kier alpha value is -0.830. The third-order valence-corrected chi connectivity index (χ3v) is 8.04. The van der Waals surface area contributed by atoms with Crippen LogP contribution in [0.3, 0.4) is 0 Å². The zero-order valence-electron chi connectivity index (χ0n) is 17.7. The molecule has 1 aliphatic heterocycles. The molecule has 0 radical (unpaired) electrons. The van der Waals surface area contributed by atoms with Crippen molar-refractivity contribution >= 4 is 11.6 Å². The van der Waals surface area contributed by atoms with Gasteiger partial charge in [0.2, 0.25) is 0 Å². The van der Waals surface area contributed by atoms with E-state index < -0.39 is 0 Å². The molecule has 4 rings (SSSR count). The van der Waals surface area contributed by atoms with Crippen molar-refractivity contribution in [3.8, 4) is 0 Å². The first-order valence-corrected chi connectivity index (χ1v) is 12.2. The summed E-state index contributed by atoms with van der Waals surface area (Å²) in [6, 6.07) is 8.42. The molecule has 2 saturated carbocycles. The molecule has 160 valence electrons. The molecule has 29 heavy (non-hydrogen) atoms. The maximum atomic E-state index is 6.28. The van der Waals surface area contributed by atoms with Gasteiger partial charge in [-0.15, -0.1) is 6.58 Å². The second kappa shape index (κ2) is 10.5. The smallest absolute Gasteiger partial charge is 0.160 e. The van der Waals surface area contributed by atoms with Crippen LogP contribution in [-0.4, -0.2) is 19.5 Å². The lowest BCUT2D eigenvalue weighted by Gasteiger charge is -2.41. The van der Waals surface area contributed by atoms with Gasteiger partial charge in [0, 0.05) is 16.9 Å². The fraction of sp³-hybridized carbons (Fsp3) is 0.692. The van der Waals surface area contributed by atoms with E-state index in [1.165, 1.54) is 69.8 Å². The quantitative estimate of drug-likeness (QED) is 0.450. The van der Waals surface area contributed by atoms with Crippen LogP contribution in [0.1, 0.15) is 75.7 Å². The van der Waals surface area contributed by atoms with Gasteiger partial charge in [-0.05, 0) is 86.8 Å². The van der Waals surface area contributed by atoms with Crippen molar-refractivity contribution < 1.29 is 9.47 Å². The van der Waals surface area contributed by atoms with Gasteiger partial charge in [-0.25, -0.2) is 0 Å². The lowest BCUT2D eigenvalue weighted by molar-refractivity contribution is -0.236. The Kier molecular flexibility index (Phi) is 7.72. The summed E-state index contributed by atoms with van der Waals surface area (Å²) in [6.45, 7) is 5.68. The molecule has 1 saturated heterocycles. The summed E-state index contributed by atoms with van der Waals surface area (Å²) in [5.74, 6) is 3.55. The molecule has 0 aromatic heterocycles. The molecule has 2 aliphatic carbocycles. The highest BCUT2D eigenvalue weighted by molar-refractivity contribution is 6.30. The van der Waals surface area contributed by atoms with Gasteiger partial charge in [0.1, 0.15) is 0 Å². The van der Waals surface area contributed by atoms with Crippen LogP contribution < -0.4 is 0 Å². The van der Waals surface area contributed by atoms with Crippen LogP contribution in [0.25, 0.3) is 0 Å². The molecule has 2 nitrogen and oxygen atoms in total. The highest BCUT2D eigenvalue weighted by Crippen LogP contribution is 2.41. The largest absolute Gasteiger partial charge is 0.352 e. The topological polar surface area (TPSA) is 18.5 Å². The van der Waals surface area contributed by atoms with Crippen LogP contribution in [0.2, 0.25) is 5.02 Å². The zero-order chi connectivity index (χ0) is 20.1. The third kappa shape index (κ3) is 5.66. The monoisotopic (exact) mass is 416 g/mol. The van der Waals surface area contributed by atoms with Gasteiger partial charge in [0.15, 0.2) is 6.29 Å². The minimum atomic E-state index is 0.0290. The van der Waals surface area contributed by atoms with Crippen molar-refractivity contribution in [3.63, 3.8) is 0 Å². The number of allylic oxidation sites excluding steroid dienone is 1. The highest BCUT2D eigenvalue weighted by atomic mass is 35.5. The number of hydrogen-bond donors (Lipinski definition) is 0. The summed E-state index contributed by atoms with van der Waals surface area (Å²) < 4.78 is 12.6. The van der Waals surface area contributed by atoms with E-state index in [1.807, 2.05) is 12.1 Å². The fourth-order valence-corrected chi connectivity index (χ4v) is 5.96.